The molecule has 0 radical (unpaired) electrons. The van der Waals surface area contributed by atoms with Crippen molar-refractivity contribution in [3.05, 3.63) is 41.0 Å². The fraction of sp³-hybridized carbons (Fsp3) is 0.500. The van der Waals surface area contributed by atoms with Crippen molar-refractivity contribution in [2.45, 2.75) is 51.6 Å². The maximum Gasteiger partial charge on any atom is 0.229 e. The molecule has 1 saturated heterocycles. The molecular weight excluding hydrogens is 320 g/mol. The van der Waals surface area contributed by atoms with Crippen LogP contribution in [0, 0.1) is 0 Å². The monoisotopic (exact) mass is 342 g/mol. The van der Waals surface area contributed by atoms with Gasteiger partial charge in [-0.1, -0.05) is 37.6 Å². The first-order valence-corrected chi connectivity index (χ1v) is 9.44. The van der Waals surface area contributed by atoms with Crippen molar-refractivity contribution in [3.8, 4) is 0 Å². The van der Waals surface area contributed by atoms with Gasteiger partial charge in [-0.05, 0) is 31.5 Å². The third-order valence-electron chi connectivity index (χ3n) is 4.53. The maximum atomic E-state index is 5.36. The average Bonchev–Trinajstić information content (AvgIpc) is 3.22. The van der Waals surface area contributed by atoms with E-state index in [2.05, 4.69) is 53.2 Å². The predicted octanol–water partition coefficient (Wildman–Crippen LogP) is 4.53. The van der Waals surface area contributed by atoms with E-state index in [0.29, 0.717) is 6.04 Å². The number of rotatable bonds is 4. The summed E-state index contributed by atoms with van der Waals surface area (Å²) < 4.78 is 6.62. The van der Waals surface area contributed by atoms with Gasteiger partial charge in [0.1, 0.15) is 5.01 Å². The van der Waals surface area contributed by atoms with E-state index in [1.807, 2.05) is 11.3 Å². The molecule has 0 bridgehead atoms. The fourth-order valence-electron chi connectivity index (χ4n) is 3.24. The molecule has 1 unspecified atom stereocenters. The number of piperidine rings is 1. The second-order valence-electron chi connectivity index (χ2n) is 6.71. The van der Waals surface area contributed by atoms with Crippen LogP contribution in [0.15, 0.2) is 28.8 Å². The summed E-state index contributed by atoms with van der Waals surface area (Å²) in [5, 5.41) is 5.37. The Labute approximate surface area is 145 Å². The second-order valence-corrected chi connectivity index (χ2v) is 7.77. The molecule has 3 heterocycles. The Morgan fingerprint density at radius 3 is 2.92 bits per heavy atom. The number of hydrogen-bond donors (Lipinski definition) is 0. The molecule has 5 nitrogen and oxygen atoms in total. The van der Waals surface area contributed by atoms with Crippen molar-refractivity contribution in [2.75, 3.05) is 6.54 Å². The molecule has 0 saturated carbocycles. The predicted molar refractivity (Wildman–Crippen MR) is 95.0 cm³/mol. The lowest BCUT2D eigenvalue weighted by Crippen LogP contribution is -2.33. The van der Waals surface area contributed by atoms with Crippen LogP contribution in [0.1, 0.15) is 61.8 Å². The average molecular weight is 342 g/mol. The summed E-state index contributed by atoms with van der Waals surface area (Å²) in [4.78, 5) is 11.9. The van der Waals surface area contributed by atoms with Crippen LogP contribution in [0.25, 0.3) is 10.2 Å². The highest BCUT2D eigenvalue weighted by Crippen LogP contribution is 2.36. The molecule has 6 heteroatoms. The molecule has 0 amide bonds. The molecule has 1 atom stereocenters. The topological polar surface area (TPSA) is 55.1 Å². The number of thiazole rings is 1. The number of aromatic nitrogens is 3. The molecule has 2 aromatic heterocycles. The van der Waals surface area contributed by atoms with Crippen LogP contribution in [0.5, 0.6) is 0 Å². The lowest BCUT2D eigenvalue weighted by atomic mass is 10.0. The molecule has 1 aromatic carbocycles. The third kappa shape index (κ3) is 3.08. The van der Waals surface area contributed by atoms with Gasteiger partial charge in [0.2, 0.25) is 5.89 Å². The highest BCUT2D eigenvalue weighted by Gasteiger charge is 2.28. The molecule has 4 rings (SSSR count). The Balaban J connectivity index is 1.58. The van der Waals surface area contributed by atoms with Crippen LogP contribution in [0.2, 0.25) is 0 Å². The summed E-state index contributed by atoms with van der Waals surface area (Å²) in [7, 11) is 0. The minimum Gasteiger partial charge on any atom is -0.339 e. The highest BCUT2D eigenvalue weighted by molar-refractivity contribution is 7.18. The van der Waals surface area contributed by atoms with E-state index in [0.717, 1.165) is 36.7 Å². The Hall–Kier alpha value is -1.79. The molecule has 0 aliphatic carbocycles. The zero-order chi connectivity index (χ0) is 16.5. The van der Waals surface area contributed by atoms with E-state index < -0.39 is 0 Å². The number of para-hydroxylation sites is 1. The smallest absolute Gasteiger partial charge is 0.229 e. The Kier molecular flexibility index (Phi) is 4.33. The molecule has 24 heavy (non-hydrogen) atoms. The van der Waals surface area contributed by atoms with Gasteiger partial charge < -0.3 is 4.52 Å². The number of nitrogens with zero attached hydrogens (tertiary/aromatic N) is 4. The van der Waals surface area contributed by atoms with Gasteiger partial charge in [-0.3, -0.25) is 4.90 Å². The van der Waals surface area contributed by atoms with E-state index >= 15 is 0 Å². The standard InChI is InChI=1S/C18H22N4OS/c1-12(2)17-20-16(21-23-17)11-22-10-6-5-8-14(22)18-19-13-7-3-4-9-15(13)24-18/h3-4,7,9,12,14H,5-6,8,10-11H2,1-2H3. The molecule has 1 aliphatic rings. The van der Waals surface area contributed by atoms with Gasteiger partial charge >= 0.3 is 0 Å². The molecule has 3 aromatic rings. The number of hydrogen-bond acceptors (Lipinski definition) is 6. The normalized spacial score (nSPS) is 19.4. The van der Waals surface area contributed by atoms with Gasteiger partial charge in [-0.15, -0.1) is 11.3 Å². The zero-order valence-electron chi connectivity index (χ0n) is 14.1. The molecule has 1 fully saturated rings. The summed E-state index contributed by atoms with van der Waals surface area (Å²) >= 11 is 1.81. The Bertz CT molecular complexity index is 792. The van der Waals surface area contributed by atoms with Crippen molar-refractivity contribution in [1.82, 2.24) is 20.0 Å². The summed E-state index contributed by atoms with van der Waals surface area (Å²) in [6, 6.07) is 8.73. The van der Waals surface area contributed by atoms with Gasteiger partial charge in [0.15, 0.2) is 5.82 Å². The lowest BCUT2D eigenvalue weighted by Gasteiger charge is -2.33. The van der Waals surface area contributed by atoms with E-state index in [9.17, 15) is 0 Å². The summed E-state index contributed by atoms with van der Waals surface area (Å²) in [5.41, 5.74) is 1.10. The van der Waals surface area contributed by atoms with Crippen LogP contribution in [0.4, 0.5) is 0 Å². The van der Waals surface area contributed by atoms with E-state index in [1.165, 1.54) is 22.5 Å². The van der Waals surface area contributed by atoms with Crippen LogP contribution in [0.3, 0.4) is 0 Å². The molecule has 126 valence electrons. The van der Waals surface area contributed by atoms with E-state index in [4.69, 9.17) is 9.51 Å². The largest absolute Gasteiger partial charge is 0.339 e. The molecule has 1 aliphatic heterocycles. The van der Waals surface area contributed by atoms with Crippen molar-refractivity contribution in [3.63, 3.8) is 0 Å². The van der Waals surface area contributed by atoms with E-state index in [1.54, 1.807) is 0 Å². The second kappa shape index (κ2) is 6.61. The number of fused-ring (bicyclic) bond motifs is 1. The summed E-state index contributed by atoms with van der Waals surface area (Å²) in [5.74, 6) is 1.78. The van der Waals surface area contributed by atoms with Gasteiger partial charge in [-0.25, -0.2) is 4.98 Å². The third-order valence-corrected chi connectivity index (χ3v) is 5.67. The highest BCUT2D eigenvalue weighted by atomic mass is 32.1. The van der Waals surface area contributed by atoms with Crippen LogP contribution < -0.4 is 0 Å². The zero-order valence-corrected chi connectivity index (χ0v) is 14.9. The van der Waals surface area contributed by atoms with Crippen LogP contribution in [-0.2, 0) is 6.54 Å². The lowest BCUT2D eigenvalue weighted by molar-refractivity contribution is 0.135. The van der Waals surface area contributed by atoms with Crippen molar-refractivity contribution >= 4 is 21.6 Å². The van der Waals surface area contributed by atoms with Gasteiger partial charge in [-0.2, -0.15) is 4.98 Å². The first kappa shape index (κ1) is 15.7. The summed E-state index contributed by atoms with van der Waals surface area (Å²) in [6.45, 7) is 5.94. The van der Waals surface area contributed by atoms with E-state index in [-0.39, 0.29) is 5.92 Å². The van der Waals surface area contributed by atoms with Crippen molar-refractivity contribution in [2.24, 2.45) is 0 Å². The first-order chi connectivity index (χ1) is 11.7. The SMILES string of the molecule is CC(C)c1nc(CN2CCCCC2c2nc3ccccc3s2)no1. The molecular formula is C18H22N4OS. The minimum atomic E-state index is 0.271. The molecule has 0 N–H and O–H groups in total. The quantitative estimate of drug-likeness (QED) is 0.697. The Morgan fingerprint density at radius 2 is 2.12 bits per heavy atom. The maximum absolute atomic E-state index is 5.36. The van der Waals surface area contributed by atoms with Crippen LogP contribution in [-0.4, -0.2) is 26.6 Å². The fourth-order valence-corrected chi connectivity index (χ4v) is 4.38. The molecule has 0 spiro atoms. The van der Waals surface area contributed by atoms with Gasteiger partial charge in [0.05, 0.1) is 22.8 Å². The Morgan fingerprint density at radius 1 is 1.25 bits per heavy atom. The van der Waals surface area contributed by atoms with Crippen molar-refractivity contribution in [1.29, 1.82) is 0 Å². The number of benzene rings is 1. The first-order valence-electron chi connectivity index (χ1n) is 8.62. The summed E-state index contributed by atoms with van der Waals surface area (Å²) in [6.07, 6.45) is 3.62. The minimum absolute atomic E-state index is 0.271. The van der Waals surface area contributed by atoms with Gasteiger partial charge in [0.25, 0.3) is 0 Å². The van der Waals surface area contributed by atoms with Crippen LogP contribution >= 0.6 is 11.3 Å². The number of likely N-dealkylation sites (tertiary alicyclic amines) is 1. The van der Waals surface area contributed by atoms with Crippen molar-refractivity contribution < 1.29 is 4.52 Å². The van der Waals surface area contributed by atoms with Gasteiger partial charge in [0, 0.05) is 5.92 Å².